The van der Waals surface area contributed by atoms with Crippen molar-refractivity contribution in [1.29, 1.82) is 0 Å². The van der Waals surface area contributed by atoms with Crippen LogP contribution in [-0.2, 0) is 24.2 Å². The molecule has 0 bridgehead atoms. The van der Waals surface area contributed by atoms with Crippen molar-refractivity contribution in [3.8, 4) is 11.3 Å². The Labute approximate surface area is 185 Å². The van der Waals surface area contributed by atoms with Crippen LogP contribution >= 0.6 is 0 Å². The number of rotatable bonds is 5. The predicted octanol–water partition coefficient (Wildman–Crippen LogP) is 3.22. The number of hydrogen-bond acceptors (Lipinski definition) is 5. The van der Waals surface area contributed by atoms with Crippen molar-refractivity contribution in [2.24, 2.45) is 5.73 Å². The summed E-state index contributed by atoms with van der Waals surface area (Å²) in [6.07, 6.45) is 6.98. The minimum absolute atomic E-state index is 0.275. The van der Waals surface area contributed by atoms with Crippen LogP contribution in [0.4, 0.5) is 0 Å². The van der Waals surface area contributed by atoms with Crippen LogP contribution in [-0.4, -0.2) is 26.8 Å². The molecule has 0 saturated heterocycles. The minimum Gasteiger partial charge on any atom is -0.347 e. The van der Waals surface area contributed by atoms with Crippen molar-refractivity contribution in [2.75, 3.05) is 6.54 Å². The lowest BCUT2D eigenvalue weighted by atomic mass is 9.91. The van der Waals surface area contributed by atoms with E-state index < -0.39 is 11.5 Å². The van der Waals surface area contributed by atoms with Gasteiger partial charge >= 0.3 is 11.5 Å². The van der Waals surface area contributed by atoms with Crippen LogP contribution in [0.25, 0.3) is 33.2 Å². The molecule has 2 aromatic heterocycles. The molecule has 7 heteroatoms. The fraction of sp³-hybridized carbons (Fsp3) is 0.320. The lowest BCUT2D eigenvalue weighted by Crippen LogP contribution is -2.32. The Morgan fingerprint density at radius 2 is 1.88 bits per heavy atom. The van der Waals surface area contributed by atoms with E-state index in [2.05, 4.69) is 4.57 Å². The molecule has 4 aromatic rings. The van der Waals surface area contributed by atoms with Crippen LogP contribution in [0.15, 0.2) is 47.4 Å². The Bertz CT molecular complexity index is 1400. The van der Waals surface area contributed by atoms with Crippen LogP contribution in [0, 0.1) is 0 Å². The van der Waals surface area contributed by atoms with E-state index in [0.717, 1.165) is 59.8 Å². The third kappa shape index (κ3) is 3.48. The Balaban J connectivity index is 1.79. The summed E-state index contributed by atoms with van der Waals surface area (Å²) in [7, 11) is 0. The maximum Gasteiger partial charge on any atom is 0.330 e. The van der Waals surface area contributed by atoms with Crippen LogP contribution in [0.1, 0.15) is 37.3 Å². The van der Waals surface area contributed by atoms with Crippen LogP contribution in [0.3, 0.4) is 0 Å². The van der Waals surface area contributed by atoms with Gasteiger partial charge in [-0.15, -0.1) is 4.73 Å². The number of aryl methyl sites for hydroxylation is 3. The second-order valence-corrected chi connectivity index (χ2v) is 8.36. The van der Waals surface area contributed by atoms with E-state index in [1.54, 1.807) is 0 Å². The Kier molecular flexibility index (Phi) is 5.27. The molecular formula is C25H26N4O3. The second-order valence-electron chi connectivity index (χ2n) is 8.36. The first kappa shape index (κ1) is 20.5. The molecule has 0 atom stereocenters. The van der Waals surface area contributed by atoms with Gasteiger partial charge in [0, 0.05) is 36.1 Å². The molecule has 32 heavy (non-hydrogen) atoms. The molecule has 0 spiro atoms. The molecule has 5 rings (SSSR count). The highest BCUT2D eigenvalue weighted by Crippen LogP contribution is 2.30. The number of hydrogen-bond donors (Lipinski definition) is 1. The smallest absolute Gasteiger partial charge is 0.330 e. The van der Waals surface area contributed by atoms with Gasteiger partial charge in [-0.3, -0.25) is 4.79 Å². The van der Waals surface area contributed by atoms with Crippen molar-refractivity contribution < 1.29 is 9.63 Å². The van der Waals surface area contributed by atoms with Crippen molar-refractivity contribution in [1.82, 2.24) is 14.3 Å². The highest BCUT2D eigenvalue weighted by atomic mass is 16.7. The first-order chi connectivity index (χ1) is 15.6. The number of para-hydroxylation sites is 1. The number of nitrogens with zero attached hydrogens (tertiary/aromatic N) is 3. The first-order valence-electron chi connectivity index (χ1n) is 11.1. The van der Waals surface area contributed by atoms with E-state index in [9.17, 15) is 9.59 Å². The summed E-state index contributed by atoms with van der Waals surface area (Å²) in [6.45, 7) is 2.63. The van der Waals surface area contributed by atoms with E-state index in [4.69, 9.17) is 15.6 Å². The van der Waals surface area contributed by atoms with Gasteiger partial charge in [0.15, 0.2) is 0 Å². The van der Waals surface area contributed by atoms with E-state index in [0.29, 0.717) is 17.6 Å². The molecular weight excluding hydrogens is 404 g/mol. The number of carbonyl (C=O) groups is 1. The van der Waals surface area contributed by atoms with Gasteiger partial charge in [0.1, 0.15) is 11.2 Å². The van der Waals surface area contributed by atoms with Gasteiger partial charge in [0.05, 0.1) is 5.52 Å². The summed E-state index contributed by atoms with van der Waals surface area (Å²) in [5.41, 5.74) is 10.9. The van der Waals surface area contributed by atoms with Crippen LogP contribution < -0.4 is 16.1 Å². The van der Waals surface area contributed by atoms with Crippen molar-refractivity contribution >= 4 is 27.9 Å². The summed E-state index contributed by atoms with van der Waals surface area (Å²) in [6, 6.07) is 11.9. The summed E-state index contributed by atoms with van der Waals surface area (Å²) >= 11 is 0. The zero-order valence-electron chi connectivity index (χ0n) is 18.1. The minimum atomic E-state index is -0.548. The number of carbonyl (C=O) groups excluding carboxylic acids is 1. The van der Waals surface area contributed by atoms with Gasteiger partial charge in [-0.25, -0.2) is 9.78 Å². The average Bonchev–Trinajstić information content (AvgIpc) is 3.16. The average molecular weight is 431 g/mol. The standard InChI is InChI=1S/C25H26N4O3/c1-16(30)32-29-23-14-18-8-3-2-7-17(18)13-21(23)27-24(25(29)31)20-15-28(12-6-11-26)22-10-5-4-9-19(20)22/h4-5,9-10,13-15H,2-3,6-8,11-12,26H2,1H3. The first-order valence-corrected chi connectivity index (χ1v) is 11.1. The van der Waals surface area contributed by atoms with E-state index in [-0.39, 0.29) is 5.69 Å². The van der Waals surface area contributed by atoms with Gasteiger partial charge in [0.25, 0.3) is 0 Å². The molecule has 1 aliphatic carbocycles. The normalized spacial score (nSPS) is 13.4. The molecule has 0 amide bonds. The van der Waals surface area contributed by atoms with Gasteiger partial charge < -0.3 is 15.1 Å². The molecule has 0 radical (unpaired) electrons. The number of benzene rings is 2. The highest BCUT2D eigenvalue weighted by molar-refractivity contribution is 5.96. The fourth-order valence-corrected chi connectivity index (χ4v) is 4.66. The van der Waals surface area contributed by atoms with E-state index in [1.165, 1.54) is 18.1 Å². The molecule has 2 heterocycles. The van der Waals surface area contributed by atoms with Crippen LogP contribution in [0.5, 0.6) is 0 Å². The van der Waals surface area contributed by atoms with E-state index >= 15 is 0 Å². The highest BCUT2D eigenvalue weighted by Gasteiger charge is 2.21. The SMILES string of the molecule is CC(=O)On1c(=O)c(-c2cn(CCCN)c3ccccc23)nc2cc3c(cc21)CCCC3. The van der Waals surface area contributed by atoms with Crippen molar-refractivity contribution in [3.63, 3.8) is 0 Å². The van der Waals surface area contributed by atoms with Crippen LogP contribution in [0.2, 0.25) is 0 Å². The zero-order chi connectivity index (χ0) is 22.2. The molecule has 164 valence electrons. The van der Waals surface area contributed by atoms with Gasteiger partial charge in [0.2, 0.25) is 0 Å². The summed E-state index contributed by atoms with van der Waals surface area (Å²) in [5, 5.41) is 0.931. The molecule has 0 unspecified atom stereocenters. The maximum absolute atomic E-state index is 13.5. The molecule has 0 aliphatic heterocycles. The molecule has 0 saturated carbocycles. The number of nitrogens with two attached hydrogens (primary N) is 1. The quantitative estimate of drug-likeness (QED) is 0.525. The molecule has 0 fully saturated rings. The lowest BCUT2D eigenvalue weighted by molar-refractivity contribution is -0.141. The monoisotopic (exact) mass is 430 g/mol. The molecule has 1 aliphatic rings. The Hall–Kier alpha value is -3.45. The molecule has 2 aromatic carbocycles. The van der Waals surface area contributed by atoms with Gasteiger partial charge in [-0.1, -0.05) is 18.2 Å². The maximum atomic E-state index is 13.5. The topological polar surface area (TPSA) is 92.1 Å². The third-order valence-corrected chi connectivity index (χ3v) is 6.14. The lowest BCUT2D eigenvalue weighted by Gasteiger charge is -2.18. The number of fused-ring (bicyclic) bond motifs is 3. The summed E-state index contributed by atoms with van der Waals surface area (Å²) in [5.74, 6) is -0.548. The van der Waals surface area contributed by atoms with Crippen molar-refractivity contribution in [2.45, 2.75) is 45.6 Å². The number of aromatic nitrogens is 3. The fourth-order valence-electron chi connectivity index (χ4n) is 4.66. The molecule has 2 N–H and O–H groups in total. The third-order valence-electron chi connectivity index (χ3n) is 6.14. The Morgan fingerprint density at radius 1 is 1.12 bits per heavy atom. The summed E-state index contributed by atoms with van der Waals surface area (Å²) in [4.78, 5) is 35.6. The summed E-state index contributed by atoms with van der Waals surface area (Å²) < 4.78 is 3.22. The Morgan fingerprint density at radius 3 is 2.62 bits per heavy atom. The predicted molar refractivity (Wildman–Crippen MR) is 125 cm³/mol. The zero-order valence-corrected chi connectivity index (χ0v) is 18.1. The largest absolute Gasteiger partial charge is 0.347 e. The van der Waals surface area contributed by atoms with Crippen molar-refractivity contribution in [3.05, 3.63) is 64.1 Å². The molecule has 7 nitrogen and oxygen atoms in total. The second kappa shape index (κ2) is 8.24. The van der Waals surface area contributed by atoms with E-state index in [1.807, 2.05) is 42.6 Å². The van der Waals surface area contributed by atoms with Gasteiger partial charge in [-0.05, 0) is 68.0 Å². The van der Waals surface area contributed by atoms with Gasteiger partial charge in [-0.2, -0.15) is 0 Å².